The maximum atomic E-state index is 4.46. The van der Waals surface area contributed by atoms with Gasteiger partial charge in [0.2, 0.25) is 0 Å². The minimum absolute atomic E-state index is 0. The third-order valence-corrected chi connectivity index (χ3v) is 3.79. The maximum Gasteiger partial charge on any atom is 0.193 e. The van der Waals surface area contributed by atoms with Crippen LogP contribution in [0.15, 0.2) is 4.99 Å². The first kappa shape index (κ1) is 14.1. The molecule has 1 aliphatic carbocycles. The van der Waals surface area contributed by atoms with Crippen LogP contribution in [-0.4, -0.2) is 37.5 Å². The lowest BCUT2D eigenvalue weighted by Gasteiger charge is -2.34. The van der Waals surface area contributed by atoms with Gasteiger partial charge in [0.1, 0.15) is 0 Å². The molecule has 2 rings (SSSR count). The van der Waals surface area contributed by atoms with Crippen LogP contribution in [-0.2, 0) is 0 Å². The summed E-state index contributed by atoms with van der Waals surface area (Å²) in [6, 6.07) is 0. The SMILES string of the molecule is CN1CCN=C1NCC1(C)CCCCC1.I. The summed E-state index contributed by atoms with van der Waals surface area (Å²) in [5, 5.41) is 3.52. The predicted octanol–water partition coefficient (Wildman–Crippen LogP) is 2.47. The van der Waals surface area contributed by atoms with E-state index in [1.54, 1.807) is 0 Å². The molecule has 1 N–H and O–H groups in total. The van der Waals surface area contributed by atoms with E-state index in [4.69, 9.17) is 0 Å². The van der Waals surface area contributed by atoms with Crippen molar-refractivity contribution < 1.29 is 0 Å². The summed E-state index contributed by atoms with van der Waals surface area (Å²) in [4.78, 5) is 6.68. The van der Waals surface area contributed by atoms with Gasteiger partial charge in [-0.2, -0.15) is 0 Å². The molecule has 0 spiro atoms. The predicted molar refractivity (Wildman–Crippen MR) is 79.5 cm³/mol. The smallest absolute Gasteiger partial charge is 0.193 e. The Morgan fingerprint density at radius 2 is 2.00 bits per heavy atom. The average Bonchev–Trinajstić information content (AvgIpc) is 2.62. The molecular formula is C12H24IN3. The number of aliphatic imine (C=N–C) groups is 1. The number of likely N-dealkylation sites (N-methyl/N-ethyl adjacent to an activating group) is 1. The molecule has 0 atom stereocenters. The second-order valence-electron chi connectivity index (χ2n) is 5.35. The zero-order chi connectivity index (χ0) is 10.7. The summed E-state index contributed by atoms with van der Waals surface area (Å²) in [6.45, 7) is 5.53. The number of nitrogens with zero attached hydrogens (tertiary/aromatic N) is 2. The van der Waals surface area contributed by atoms with Gasteiger partial charge in [-0.15, -0.1) is 24.0 Å². The molecule has 16 heavy (non-hydrogen) atoms. The van der Waals surface area contributed by atoms with Gasteiger partial charge in [0.25, 0.3) is 0 Å². The fraction of sp³-hybridized carbons (Fsp3) is 0.917. The highest BCUT2D eigenvalue weighted by Gasteiger charge is 2.27. The van der Waals surface area contributed by atoms with Gasteiger partial charge in [0, 0.05) is 20.1 Å². The van der Waals surface area contributed by atoms with Gasteiger partial charge in [-0.25, -0.2) is 0 Å². The number of nitrogens with one attached hydrogen (secondary N) is 1. The van der Waals surface area contributed by atoms with Crippen LogP contribution >= 0.6 is 24.0 Å². The zero-order valence-corrected chi connectivity index (χ0v) is 12.8. The standard InChI is InChI=1S/C12H23N3.HI/c1-12(6-4-3-5-7-12)10-14-11-13-8-9-15(11)2;/h3-10H2,1-2H3,(H,13,14);1H. The van der Waals surface area contributed by atoms with Crippen molar-refractivity contribution in [1.82, 2.24) is 10.2 Å². The van der Waals surface area contributed by atoms with E-state index in [-0.39, 0.29) is 24.0 Å². The Hall–Kier alpha value is 0. The number of hydrogen-bond acceptors (Lipinski definition) is 3. The second kappa shape index (κ2) is 6.07. The molecule has 3 nitrogen and oxygen atoms in total. The van der Waals surface area contributed by atoms with Crippen LogP contribution in [0.1, 0.15) is 39.0 Å². The first-order valence-electron chi connectivity index (χ1n) is 6.19. The van der Waals surface area contributed by atoms with Crippen molar-refractivity contribution in [2.45, 2.75) is 39.0 Å². The highest BCUT2D eigenvalue weighted by Crippen LogP contribution is 2.34. The van der Waals surface area contributed by atoms with Gasteiger partial charge in [-0.05, 0) is 18.3 Å². The quantitative estimate of drug-likeness (QED) is 0.784. The van der Waals surface area contributed by atoms with E-state index in [1.807, 2.05) is 0 Å². The largest absolute Gasteiger partial charge is 0.356 e. The van der Waals surface area contributed by atoms with Crippen LogP contribution in [0.4, 0.5) is 0 Å². The van der Waals surface area contributed by atoms with Crippen LogP contribution in [0.5, 0.6) is 0 Å². The van der Waals surface area contributed by atoms with E-state index in [9.17, 15) is 0 Å². The molecule has 0 unspecified atom stereocenters. The fourth-order valence-electron chi connectivity index (χ4n) is 2.60. The van der Waals surface area contributed by atoms with Crippen molar-refractivity contribution in [3.05, 3.63) is 0 Å². The molecule has 0 aromatic rings. The summed E-state index contributed by atoms with van der Waals surface area (Å²) in [5.41, 5.74) is 0.504. The molecule has 94 valence electrons. The van der Waals surface area contributed by atoms with Crippen LogP contribution in [0.3, 0.4) is 0 Å². The van der Waals surface area contributed by atoms with Crippen molar-refractivity contribution in [3.8, 4) is 0 Å². The minimum atomic E-state index is 0. The number of rotatable bonds is 2. The molecule has 1 saturated carbocycles. The van der Waals surface area contributed by atoms with Crippen molar-refractivity contribution in [2.24, 2.45) is 10.4 Å². The summed E-state index contributed by atoms with van der Waals surface area (Å²) < 4.78 is 0. The lowest BCUT2D eigenvalue weighted by atomic mass is 9.76. The van der Waals surface area contributed by atoms with Crippen molar-refractivity contribution in [3.63, 3.8) is 0 Å². The molecule has 0 bridgehead atoms. The van der Waals surface area contributed by atoms with Crippen LogP contribution < -0.4 is 5.32 Å². The Labute approximate surface area is 116 Å². The Kier molecular flexibility index (Phi) is 5.34. The van der Waals surface area contributed by atoms with E-state index in [0.717, 1.165) is 25.6 Å². The minimum Gasteiger partial charge on any atom is -0.356 e. The van der Waals surface area contributed by atoms with Gasteiger partial charge in [0.05, 0.1) is 6.54 Å². The third-order valence-electron chi connectivity index (χ3n) is 3.79. The Morgan fingerprint density at radius 1 is 1.31 bits per heavy atom. The highest BCUT2D eigenvalue weighted by molar-refractivity contribution is 14.0. The normalized spacial score (nSPS) is 23.6. The molecule has 1 heterocycles. The highest BCUT2D eigenvalue weighted by atomic mass is 127. The van der Waals surface area contributed by atoms with Gasteiger partial charge in [-0.3, -0.25) is 4.99 Å². The Balaban J connectivity index is 0.00000128. The molecule has 2 aliphatic rings. The van der Waals surface area contributed by atoms with E-state index in [1.165, 1.54) is 32.1 Å². The molecule has 0 radical (unpaired) electrons. The maximum absolute atomic E-state index is 4.46. The summed E-state index contributed by atoms with van der Waals surface area (Å²) >= 11 is 0. The summed E-state index contributed by atoms with van der Waals surface area (Å²) in [6.07, 6.45) is 6.98. The molecular weight excluding hydrogens is 313 g/mol. The van der Waals surface area contributed by atoms with E-state index in [0.29, 0.717) is 5.41 Å². The Morgan fingerprint density at radius 3 is 2.56 bits per heavy atom. The van der Waals surface area contributed by atoms with E-state index in [2.05, 4.69) is 29.2 Å². The molecule has 0 amide bonds. The monoisotopic (exact) mass is 337 g/mol. The van der Waals surface area contributed by atoms with Gasteiger partial charge in [-0.1, -0.05) is 26.2 Å². The van der Waals surface area contributed by atoms with E-state index >= 15 is 0 Å². The number of guanidine groups is 1. The fourth-order valence-corrected chi connectivity index (χ4v) is 2.60. The van der Waals surface area contributed by atoms with E-state index < -0.39 is 0 Å². The first-order valence-corrected chi connectivity index (χ1v) is 6.19. The van der Waals surface area contributed by atoms with Crippen LogP contribution in [0, 0.1) is 5.41 Å². The lowest BCUT2D eigenvalue weighted by Crippen LogP contribution is -2.42. The van der Waals surface area contributed by atoms with Gasteiger partial charge < -0.3 is 10.2 Å². The molecule has 4 heteroatoms. The van der Waals surface area contributed by atoms with Crippen LogP contribution in [0.25, 0.3) is 0 Å². The molecule has 0 aromatic carbocycles. The van der Waals surface area contributed by atoms with Crippen LogP contribution in [0.2, 0.25) is 0 Å². The summed E-state index contributed by atoms with van der Waals surface area (Å²) in [5.74, 6) is 1.10. The second-order valence-corrected chi connectivity index (χ2v) is 5.35. The van der Waals surface area contributed by atoms with Gasteiger partial charge >= 0.3 is 0 Å². The van der Waals surface area contributed by atoms with Crippen molar-refractivity contribution in [1.29, 1.82) is 0 Å². The van der Waals surface area contributed by atoms with Crippen molar-refractivity contribution >= 4 is 29.9 Å². The molecule has 0 aromatic heterocycles. The number of hydrogen-bond donors (Lipinski definition) is 1. The zero-order valence-electron chi connectivity index (χ0n) is 10.5. The van der Waals surface area contributed by atoms with Gasteiger partial charge in [0.15, 0.2) is 5.96 Å². The lowest BCUT2D eigenvalue weighted by molar-refractivity contribution is 0.216. The molecule has 1 aliphatic heterocycles. The third kappa shape index (κ3) is 3.50. The Bertz CT molecular complexity index is 247. The molecule has 1 fully saturated rings. The average molecular weight is 337 g/mol. The topological polar surface area (TPSA) is 27.6 Å². The number of halogens is 1. The van der Waals surface area contributed by atoms with Crippen molar-refractivity contribution in [2.75, 3.05) is 26.7 Å². The first-order chi connectivity index (χ1) is 7.20. The molecule has 0 saturated heterocycles. The summed E-state index contributed by atoms with van der Waals surface area (Å²) in [7, 11) is 2.11.